The second-order valence-electron chi connectivity index (χ2n) is 5.57. The number of amides is 1. The zero-order valence-corrected chi connectivity index (χ0v) is 9.87. The molecule has 3 fully saturated rings. The van der Waals surface area contributed by atoms with Gasteiger partial charge < -0.3 is 15.0 Å². The number of hydrogen-bond donors (Lipinski definition) is 1. The smallest absolute Gasteiger partial charge is 0.254 e. The third-order valence-electron chi connectivity index (χ3n) is 4.35. The van der Waals surface area contributed by atoms with Crippen molar-refractivity contribution in [3.63, 3.8) is 0 Å². The van der Waals surface area contributed by atoms with Crippen molar-refractivity contribution in [2.75, 3.05) is 32.8 Å². The van der Waals surface area contributed by atoms with Crippen LogP contribution >= 0.6 is 0 Å². The van der Waals surface area contributed by atoms with Gasteiger partial charge in [-0.2, -0.15) is 0 Å². The van der Waals surface area contributed by atoms with Crippen molar-refractivity contribution < 1.29 is 9.53 Å². The molecule has 3 atom stereocenters. The fourth-order valence-corrected chi connectivity index (χ4v) is 3.30. The lowest BCUT2D eigenvalue weighted by Gasteiger charge is -2.28. The van der Waals surface area contributed by atoms with Gasteiger partial charge >= 0.3 is 0 Å². The van der Waals surface area contributed by atoms with Crippen LogP contribution in [0.2, 0.25) is 0 Å². The highest BCUT2D eigenvalue weighted by molar-refractivity contribution is 5.85. The number of carbonyl (C=O) groups excluding carboxylic acids is 1. The average Bonchev–Trinajstić information content (AvgIpc) is 2.90. The Balaban J connectivity index is 1.68. The highest BCUT2D eigenvalue weighted by atomic mass is 16.5. The SMILES string of the molecule is CC1(C(=O)N2CC3CNCC3C2)CCCO1. The summed E-state index contributed by atoms with van der Waals surface area (Å²) in [6.45, 7) is 6.70. The number of hydrogen-bond acceptors (Lipinski definition) is 3. The Kier molecular flexibility index (Phi) is 2.44. The largest absolute Gasteiger partial charge is 0.365 e. The average molecular weight is 224 g/mol. The van der Waals surface area contributed by atoms with E-state index < -0.39 is 5.60 Å². The maximum Gasteiger partial charge on any atom is 0.254 e. The van der Waals surface area contributed by atoms with Crippen LogP contribution in [0.4, 0.5) is 0 Å². The lowest BCUT2D eigenvalue weighted by atomic mass is 10.0. The van der Waals surface area contributed by atoms with Crippen LogP contribution in [0, 0.1) is 11.8 Å². The Bertz CT molecular complexity index is 287. The van der Waals surface area contributed by atoms with Gasteiger partial charge in [0.2, 0.25) is 0 Å². The van der Waals surface area contributed by atoms with Crippen molar-refractivity contribution in [3.05, 3.63) is 0 Å². The molecule has 0 bridgehead atoms. The van der Waals surface area contributed by atoms with Gasteiger partial charge in [0.05, 0.1) is 0 Å². The van der Waals surface area contributed by atoms with Gasteiger partial charge in [-0.05, 0) is 31.6 Å². The lowest BCUT2D eigenvalue weighted by molar-refractivity contribution is -0.150. The molecule has 0 aromatic heterocycles. The first-order valence-electron chi connectivity index (χ1n) is 6.33. The number of carbonyl (C=O) groups is 1. The van der Waals surface area contributed by atoms with E-state index in [-0.39, 0.29) is 5.91 Å². The molecule has 3 aliphatic rings. The maximum atomic E-state index is 12.4. The van der Waals surface area contributed by atoms with Gasteiger partial charge in [-0.1, -0.05) is 0 Å². The Hall–Kier alpha value is -0.610. The second kappa shape index (κ2) is 3.70. The Labute approximate surface area is 96.3 Å². The van der Waals surface area contributed by atoms with Crippen LogP contribution in [-0.2, 0) is 9.53 Å². The van der Waals surface area contributed by atoms with Crippen LogP contribution in [0.15, 0.2) is 0 Å². The molecular formula is C12H20N2O2. The third-order valence-corrected chi connectivity index (χ3v) is 4.35. The number of rotatable bonds is 1. The Morgan fingerprint density at radius 3 is 2.62 bits per heavy atom. The molecule has 0 aliphatic carbocycles. The van der Waals surface area contributed by atoms with Crippen molar-refractivity contribution in [1.82, 2.24) is 10.2 Å². The summed E-state index contributed by atoms with van der Waals surface area (Å²) in [6, 6.07) is 0. The summed E-state index contributed by atoms with van der Waals surface area (Å²) in [5, 5.41) is 3.39. The Morgan fingerprint density at radius 2 is 2.06 bits per heavy atom. The van der Waals surface area contributed by atoms with E-state index in [0.717, 1.165) is 45.6 Å². The molecule has 16 heavy (non-hydrogen) atoms. The van der Waals surface area contributed by atoms with E-state index >= 15 is 0 Å². The summed E-state index contributed by atoms with van der Waals surface area (Å²) in [4.78, 5) is 14.4. The molecule has 3 rings (SSSR count). The molecule has 1 N–H and O–H groups in total. The number of nitrogens with zero attached hydrogens (tertiary/aromatic N) is 1. The summed E-state index contributed by atoms with van der Waals surface area (Å²) in [7, 11) is 0. The van der Waals surface area contributed by atoms with E-state index in [9.17, 15) is 4.79 Å². The highest BCUT2D eigenvalue weighted by Crippen LogP contribution is 2.32. The van der Waals surface area contributed by atoms with E-state index in [1.54, 1.807) is 0 Å². The molecule has 90 valence electrons. The molecule has 0 aromatic carbocycles. The van der Waals surface area contributed by atoms with Crippen LogP contribution in [-0.4, -0.2) is 49.2 Å². The van der Waals surface area contributed by atoms with Crippen LogP contribution in [0.3, 0.4) is 0 Å². The molecule has 4 nitrogen and oxygen atoms in total. The lowest BCUT2D eigenvalue weighted by Crippen LogP contribution is -2.46. The molecule has 0 radical (unpaired) electrons. The number of fused-ring (bicyclic) bond motifs is 1. The van der Waals surface area contributed by atoms with Gasteiger partial charge in [0.25, 0.3) is 5.91 Å². The molecule has 3 saturated heterocycles. The molecule has 0 saturated carbocycles. The summed E-state index contributed by atoms with van der Waals surface area (Å²) >= 11 is 0. The number of ether oxygens (including phenoxy) is 1. The van der Waals surface area contributed by atoms with Gasteiger partial charge in [0.15, 0.2) is 0 Å². The molecule has 3 aliphatic heterocycles. The molecule has 0 spiro atoms. The minimum absolute atomic E-state index is 0.222. The molecular weight excluding hydrogens is 204 g/mol. The molecule has 4 heteroatoms. The minimum Gasteiger partial charge on any atom is -0.365 e. The normalized spacial score (nSPS) is 42.7. The summed E-state index contributed by atoms with van der Waals surface area (Å²) in [5.41, 5.74) is -0.522. The van der Waals surface area contributed by atoms with Crippen molar-refractivity contribution in [2.24, 2.45) is 11.8 Å². The quantitative estimate of drug-likeness (QED) is 0.693. The van der Waals surface area contributed by atoms with Crippen LogP contribution in [0.1, 0.15) is 19.8 Å². The van der Waals surface area contributed by atoms with Crippen molar-refractivity contribution in [3.8, 4) is 0 Å². The predicted molar refractivity (Wildman–Crippen MR) is 60.0 cm³/mol. The number of likely N-dealkylation sites (tertiary alicyclic amines) is 1. The second-order valence-corrected chi connectivity index (χ2v) is 5.57. The molecule has 1 amide bonds. The van der Waals surface area contributed by atoms with Crippen molar-refractivity contribution in [2.45, 2.75) is 25.4 Å². The molecule has 3 heterocycles. The van der Waals surface area contributed by atoms with Crippen LogP contribution < -0.4 is 5.32 Å². The summed E-state index contributed by atoms with van der Waals surface area (Å²) in [5.74, 6) is 1.57. The zero-order valence-electron chi connectivity index (χ0n) is 9.87. The first-order valence-corrected chi connectivity index (χ1v) is 6.33. The summed E-state index contributed by atoms with van der Waals surface area (Å²) < 4.78 is 5.63. The monoisotopic (exact) mass is 224 g/mol. The molecule has 0 aromatic rings. The standard InChI is InChI=1S/C12H20N2O2/c1-12(3-2-4-16-12)11(15)14-7-9-5-13-6-10(9)8-14/h9-10,13H,2-8H2,1H3. The topological polar surface area (TPSA) is 41.6 Å². The van der Waals surface area contributed by atoms with E-state index in [1.165, 1.54) is 0 Å². The van der Waals surface area contributed by atoms with Gasteiger partial charge in [-0.25, -0.2) is 0 Å². The van der Waals surface area contributed by atoms with Gasteiger partial charge in [-0.15, -0.1) is 0 Å². The van der Waals surface area contributed by atoms with Crippen molar-refractivity contribution in [1.29, 1.82) is 0 Å². The van der Waals surface area contributed by atoms with Crippen LogP contribution in [0.25, 0.3) is 0 Å². The van der Waals surface area contributed by atoms with E-state index in [4.69, 9.17) is 4.74 Å². The fraction of sp³-hybridized carbons (Fsp3) is 0.917. The van der Waals surface area contributed by atoms with Gasteiger partial charge in [0, 0.05) is 32.8 Å². The zero-order chi connectivity index (χ0) is 11.2. The van der Waals surface area contributed by atoms with Gasteiger partial charge in [0.1, 0.15) is 5.60 Å². The molecule has 3 unspecified atom stereocenters. The fourth-order valence-electron chi connectivity index (χ4n) is 3.30. The summed E-state index contributed by atoms with van der Waals surface area (Å²) in [6.07, 6.45) is 1.90. The highest BCUT2D eigenvalue weighted by Gasteiger charge is 2.45. The number of nitrogens with one attached hydrogen (secondary N) is 1. The first kappa shape index (κ1) is 10.5. The Morgan fingerprint density at radius 1 is 1.38 bits per heavy atom. The third kappa shape index (κ3) is 1.55. The predicted octanol–water partition coefficient (Wildman–Crippen LogP) is 0.233. The van der Waals surface area contributed by atoms with Crippen LogP contribution in [0.5, 0.6) is 0 Å². The minimum atomic E-state index is -0.522. The van der Waals surface area contributed by atoms with Crippen molar-refractivity contribution >= 4 is 5.91 Å². The van der Waals surface area contributed by atoms with E-state index in [1.807, 2.05) is 11.8 Å². The first-order chi connectivity index (χ1) is 7.69. The maximum absolute atomic E-state index is 12.4. The van der Waals surface area contributed by atoms with E-state index in [2.05, 4.69) is 5.32 Å². The van der Waals surface area contributed by atoms with Gasteiger partial charge in [-0.3, -0.25) is 4.79 Å². The van der Waals surface area contributed by atoms with E-state index in [0.29, 0.717) is 11.8 Å².